The maximum absolute atomic E-state index is 11.0. The van der Waals surface area contributed by atoms with E-state index in [9.17, 15) is 4.79 Å². The largest absolute Gasteiger partial charge is 0.489 e. The molecule has 0 radical (unpaired) electrons. The van der Waals surface area contributed by atoms with E-state index in [0.29, 0.717) is 6.61 Å². The second-order valence-electron chi connectivity index (χ2n) is 6.31. The van der Waals surface area contributed by atoms with E-state index in [2.05, 4.69) is 16.8 Å². The van der Waals surface area contributed by atoms with Gasteiger partial charge in [0.15, 0.2) is 0 Å². The third-order valence-electron chi connectivity index (χ3n) is 4.30. The minimum absolute atomic E-state index is 0.0103. The fourth-order valence-electron chi connectivity index (χ4n) is 2.87. The molecule has 1 aromatic heterocycles. The van der Waals surface area contributed by atoms with E-state index >= 15 is 0 Å². The van der Waals surface area contributed by atoms with Crippen molar-refractivity contribution in [2.45, 2.75) is 25.9 Å². The van der Waals surface area contributed by atoms with Gasteiger partial charge in [-0.25, -0.2) is 0 Å². The van der Waals surface area contributed by atoms with Gasteiger partial charge in [0.1, 0.15) is 12.4 Å². The zero-order chi connectivity index (χ0) is 19.8. The molecule has 0 fully saturated rings. The zero-order valence-corrected chi connectivity index (χ0v) is 15.6. The van der Waals surface area contributed by atoms with Crippen molar-refractivity contribution in [2.24, 2.45) is 0 Å². The van der Waals surface area contributed by atoms with Gasteiger partial charge in [-0.05, 0) is 42.3 Å². The number of carboxylic acids is 1. The van der Waals surface area contributed by atoms with Crippen molar-refractivity contribution >= 4 is 5.97 Å². The van der Waals surface area contributed by atoms with E-state index in [4.69, 9.17) is 9.84 Å². The van der Waals surface area contributed by atoms with E-state index in [0.717, 1.165) is 28.1 Å². The Hall–Kier alpha value is -3.58. The molecule has 28 heavy (non-hydrogen) atoms. The van der Waals surface area contributed by atoms with Gasteiger partial charge in [0.25, 0.3) is 0 Å². The standard InChI is InChI=1S/C24H21NO3/c1-2-5-21(16-24(26)27)19-11-13-22(14-12-19)28-17-18-7-9-20(10-8-18)23-6-3-4-15-25-23/h3-4,6-15,21H,16-17H2,1H3,(H,26,27). The molecule has 0 aliphatic rings. The van der Waals surface area contributed by atoms with Crippen molar-refractivity contribution in [1.29, 1.82) is 0 Å². The van der Waals surface area contributed by atoms with Crippen LogP contribution >= 0.6 is 0 Å². The van der Waals surface area contributed by atoms with Crippen LogP contribution in [0.25, 0.3) is 11.3 Å². The van der Waals surface area contributed by atoms with Crippen LogP contribution in [0, 0.1) is 11.8 Å². The molecule has 0 aliphatic carbocycles. The van der Waals surface area contributed by atoms with Gasteiger partial charge < -0.3 is 9.84 Å². The molecule has 1 unspecified atom stereocenters. The highest BCUT2D eigenvalue weighted by Crippen LogP contribution is 2.23. The van der Waals surface area contributed by atoms with E-state index < -0.39 is 5.97 Å². The summed E-state index contributed by atoms with van der Waals surface area (Å²) >= 11 is 0. The fourth-order valence-corrected chi connectivity index (χ4v) is 2.87. The van der Waals surface area contributed by atoms with Crippen molar-refractivity contribution in [3.05, 3.63) is 84.1 Å². The number of carboxylic acid groups (broad SMARTS) is 1. The summed E-state index contributed by atoms with van der Waals surface area (Å²) in [6, 6.07) is 21.4. The lowest BCUT2D eigenvalue weighted by Crippen LogP contribution is -2.04. The summed E-state index contributed by atoms with van der Waals surface area (Å²) in [5.41, 5.74) is 3.94. The first-order valence-electron chi connectivity index (χ1n) is 9.03. The Kier molecular flexibility index (Phi) is 6.43. The summed E-state index contributed by atoms with van der Waals surface area (Å²) in [5.74, 6) is 5.31. The average Bonchev–Trinajstić information content (AvgIpc) is 2.73. The highest BCUT2D eigenvalue weighted by Gasteiger charge is 2.13. The van der Waals surface area contributed by atoms with Gasteiger partial charge in [-0.1, -0.05) is 48.4 Å². The summed E-state index contributed by atoms with van der Waals surface area (Å²) in [4.78, 5) is 15.4. The monoisotopic (exact) mass is 371 g/mol. The van der Waals surface area contributed by atoms with Crippen LogP contribution in [0.1, 0.15) is 30.4 Å². The highest BCUT2D eigenvalue weighted by molar-refractivity contribution is 5.69. The molecule has 3 aromatic rings. The first-order valence-corrected chi connectivity index (χ1v) is 9.03. The number of aromatic nitrogens is 1. The fraction of sp³-hybridized carbons (Fsp3) is 0.167. The molecule has 1 N–H and O–H groups in total. The van der Waals surface area contributed by atoms with E-state index in [1.807, 2.05) is 66.7 Å². The normalized spacial score (nSPS) is 11.2. The minimum Gasteiger partial charge on any atom is -0.489 e. The summed E-state index contributed by atoms with van der Waals surface area (Å²) in [6.07, 6.45) is 1.77. The molecule has 4 heteroatoms. The van der Waals surface area contributed by atoms with Crippen molar-refractivity contribution in [3.63, 3.8) is 0 Å². The smallest absolute Gasteiger partial charge is 0.304 e. The quantitative estimate of drug-likeness (QED) is 0.600. The molecule has 140 valence electrons. The molecule has 4 nitrogen and oxygen atoms in total. The van der Waals surface area contributed by atoms with Crippen LogP contribution < -0.4 is 4.74 Å². The number of hydrogen-bond acceptors (Lipinski definition) is 3. The Bertz CT molecular complexity index is 968. The topological polar surface area (TPSA) is 59.4 Å². The number of rotatable bonds is 7. The van der Waals surface area contributed by atoms with Crippen LogP contribution in [0.5, 0.6) is 5.75 Å². The van der Waals surface area contributed by atoms with Gasteiger partial charge in [0.2, 0.25) is 0 Å². The second kappa shape index (κ2) is 9.38. The van der Waals surface area contributed by atoms with Crippen molar-refractivity contribution < 1.29 is 14.6 Å². The summed E-state index contributed by atoms with van der Waals surface area (Å²) < 4.78 is 5.85. The molecule has 0 amide bonds. The van der Waals surface area contributed by atoms with Crippen LogP contribution in [0.3, 0.4) is 0 Å². The summed E-state index contributed by atoms with van der Waals surface area (Å²) in [7, 11) is 0. The molecule has 2 aromatic carbocycles. The van der Waals surface area contributed by atoms with Crippen LogP contribution in [0.4, 0.5) is 0 Å². The van der Waals surface area contributed by atoms with Crippen LogP contribution in [-0.4, -0.2) is 16.1 Å². The molecule has 0 saturated heterocycles. The Labute approximate surface area is 164 Å². The maximum atomic E-state index is 11.0. The van der Waals surface area contributed by atoms with E-state index in [-0.39, 0.29) is 12.3 Å². The molecule has 0 bridgehead atoms. The predicted molar refractivity (Wildman–Crippen MR) is 109 cm³/mol. The van der Waals surface area contributed by atoms with Gasteiger partial charge in [0.05, 0.1) is 18.0 Å². The number of aliphatic carboxylic acids is 1. The second-order valence-corrected chi connectivity index (χ2v) is 6.31. The molecule has 1 atom stereocenters. The molecular formula is C24H21NO3. The number of nitrogens with zero attached hydrogens (tertiary/aromatic N) is 1. The zero-order valence-electron chi connectivity index (χ0n) is 15.6. The predicted octanol–water partition coefficient (Wildman–Crippen LogP) is 4.91. The molecule has 3 rings (SSSR count). The van der Waals surface area contributed by atoms with Gasteiger partial charge >= 0.3 is 5.97 Å². The van der Waals surface area contributed by atoms with Gasteiger partial charge in [-0.3, -0.25) is 9.78 Å². The number of ether oxygens (including phenoxy) is 1. The van der Waals surface area contributed by atoms with Crippen molar-refractivity contribution in [1.82, 2.24) is 4.98 Å². The van der Waals surface area contributed by atoms with Gasteiger partial charge in [-0.15, -0.1) is 5.92 Å². The Morgan fingerprint density at radius 2 is 1.82 bits per heavy atom. The molecule has 0 saturated carbocycles. The van der Waals surface area contributed by atoms with Gasteiger partial charge in [0, 0.05) is 11.8 Å². The van der Waals surface area contributed by atoms with Crippen LogP contribution in [-0.2, 0) is 11.4 Å². The first-order chi connectivity index (χ1) is 13.7. The highest BCUT2D eigenvalue weighted by atomic mass is 16.5. The number of carbonyl (C=O) groups is 1. The average molecular weight is 371 g/mol. The summed E-state index contributed by atoms with van der Waals surface area (Å²) in [6.45, 7) is 2.17. The lowest BCUT2D eigenvalue weighted by Gasteiger charge is -2.11. The SMILES string of the molecule is CC#CC(CC(=O)O)c1ccc(OCc2ccc(-c3ccccn3)cc2)cc1. The third kappa shape index (κ3) is 5.21. The number of benzene rings is 2. The molecular weight excluding hydrogens is 350 g/mol. The van der Waals surface area contributed by atoms with Crippen LogP contribution in [0.2, 0.25) is 0 Å². The van der Waals surface area contributed by atoms with Crippen molar-refractivity contribution in [2.75, 3.05) is 0 Å². The Morgan fingerprint density at radius 1 is 1.07 bits per heavy atom. The molecule has 1 heterocycles. The number of pyridine rings is 1. The first kappa shape index (κ1) is 19.2. The van der Waals surface area contributed by atoms with Gasteiger partial charge in [-0.2, -0.15) is 0 Å². The maximum Gasteiger partial charge on any atom is 0.304 e. The lowest BCUT2D eigenvalue weighted by atomic mass is 9.96. The Morgan fingerprint density at radius 3 is 2.43 bits per heavy atom. The van der Waals surface area contributed by atoms with E-state index in [1.165, 1.54) is 0 Å². The summed E-state index contributed by atoms with van der Waals surface area (Å²) in [5, 5.41) is 9.03. The molecule has 0 aliphatic heterocycles. The lowest BCUT2D eigenvalue weighted by molar-refractivity contribution is -0.137. The third-order valence-corrected chi connectivity index (χ3v) is 4.30. The van der Waals surface area contributed by atoms with Crippen molar-refractivity contribution in [3.8, 4) is 28.8 Å². The number of hydrogen-bond donors (Lipinski definition) is 1. The van der Waals surface area contributed by atoms with Crippen LogP contribution in [0.15, 0.2) is 72.9 Å². The minimum atomic E-state index is -0.859. The molecule has 0 spiro atoms. The van der Waals surface area contributed by atoms with E-state index in [1.54, 1.807) is 13.1 Å². The Balaban J connectivity index is 1.61.